The number of amidine groups is 1. The van der Waals surface area contributed by atoms with Crippen LogP contribution in [0.4, 0.5) is 0 Å². The first-order valence-corrected chi connectivity index (χ1v) is 6.90. The van der Waals surface area contributed by atoms with E-state index in [1.807, 2.05) is 12.1 Å². The van der Waals surface area contributed by atoms with Gasteiger partial charge in [-0.3, -0.25) is 10.3 Å². The second-order valence-corrected chi connectivity index (χ2v) is 5.32. The topological polar surface area (TPSA) is 53.1 Å². The number of halogens is 1. The zero-order chi connectivity index (χ0) is 13.0. The molecule has 18 heavy (non-hydrogen) atoms. The monoisotopic (exact) mass is 265 g/mol. The van der Waals surface area contributed by atoms with Crippen LogP contribution in [0.15, 0.2) is 18.2 Å². The van der Waals surface area contributed by atoms with E-state index in [4.69, 9.17) is 22.7 Å². The molecule has 0 bridgehead atoms. The Labute approximate surface area is 113 Å². The predicted molar refractivity (Wildman–Crippen MR) is 76.2 cm³/mol. The lowest BCUT2D eigenvalue weighted by molar-refractivity contribution is 0.277. The maximum absolute atomic E-state index is 7.39. The molecule has 1 heterocycles. The normalized spacial score (nSPS) is 17.4. The Kier molecular flexibility index (Phi) is 4.61. The average Bonchev–Trinajstić information content (AvgIpc) is 2.60. The van der Waals surface area contributed by atoms with Crippen molar-refractivity contribution in [2.24, 2.45) is 5.73 Å². The smallest absolute Gasteiger partial charge is 0.122 e. The van der Waals surface area contributed by atoms with Gasteiger partial charge in [-0.1, -0.05) is 36.6 Å². The summed E-state index contributed by atoms with van der Waals surface area (Å²) < 4.78 is 0. The maximum atomic E-state index is 7.39. The third kappa shape index (κ3) is 3.47. The molecule has 0 saturated carbocycles. The fourth-order valence-corrected chi connectivity index (χ4v) is 2.62. The largest absolute Gasteiger partial charge is 0.384 e. The van der Waals surface area contributed by atoms with Crippen LogP contribution in [0.3, 0.4) is 0 Å². The number of rotatable bonds is 3. The summed E-state index contributed by atoms with van der Waals surface area (Å²) in [6.07, 6.45) is 5.24. The fraction of sp³-hybridized carbons (Fsp3) is 0.500. The molecule has 2 rings (SSSR count). The van der Waals surface area contributed by atoms with E-state index in [1.54, 1.807) is 6.07 Å². The molecule has 3 nitrogen and oxygen atoms in total. The summed E-state index contributed by atoms with van der Waals surface area (Å²) >= 11 is 6.25. The highest BCUT2D eigenvalue weighted by molar-refractivity contribution is 6.31. The fourth-order valence-electron chi connectivity index (χ4n) is 2.38. The van der Waals surface area contributed by atoms with E-state index in [0.29, 0.717) is 10.6 Å². The molecule has 1 saturated heterocycles. The first kappa shape index (κ1) is 13.4. The molecule has 1 aromatic carbocycles. The van der Waals surface area contributed by atoms with Crippen LogP contribution in [0.2, 0.25) is 5.02 Å². The molecule has 1 fully saturated rings. The van der Waals surface area contributed by atoms with Crippen LogP contribution in [-0.4, -0.2) is 23.8 Å². The number of nitrogens with two attached hydrogens (primary N) is 1. The molecule has 3 N–H and O–H groups in total. The minimum atomic E-state index is 0.0678. The van der Waals surface area contributed by atoms with Crippen LogP contribution in [0.25, 0.3) is 0 Å². The van der Waals surface area contributed by atoms with Gasteiger partial charge in [0.15, 0.2) is 0 Å². The number of hydrogen-bond acceptors (Lipinski definition) is 2. The van der Waals surface area contributed by atoms with Crippen LogP contribution in [-0.2, 0) is 6.54 Å². The number of benzene rings is 1. The SMILES string of the molecule is N=C(N)c1ccc(CN2CCCCCC2)c(Cl)c1. The van der Waals surface area contributed by atoms with Crippen LogP contribution in [0.1, 0.15) is 36.8 Å². The molecule has 98 valence electrons. The molecule has 0 aliphatic carbocycles. The number of nitrogens with zero attached hydrogens (tertiary/aromatic N) is 1. The van der Waals surface area contributed by atoms with Crippen LogP contribution in [0, 0.1) is 5.41 Å². The summed E-state index contributed by atoms with van der Waals surface area (Å²) in [7, 11) is 0. The van der Waals surface area contributed by atoms with Gasteiger partial charge in [-0.2, -0.15) is 0 Å². The Bertz CT molecular complexity index is 423. The van der Waals surface area contributed by atoms with Gasteiger partial charge in [0.1, 0.15) is 5.84 Å². The van der Waals surface area contributed by atoms with Crippen molar-refractivity contribution in [3.63, 3.8) is 0 Å². The van der Waals surface area contributed by atoms with E-state index in [9.17, 15) is 0 Å². The van der Waals surface area contributed by atoms with E-state index in [0.717, 1.165) is 25.2 Å². The molecule has 1 aliphatic rings. The Hall–Kier alpha value is -1.06. The van der Waals surface area contributed by atoms with Crippen LogP contribution < -0.4 is 5.73 Å². The lowest BCUT2D eigenvalue weighted by atomic mass is 10.1. The quantitative estimate of drug-likeness (QED) is 0.652. The summed E-state index contributed by atoms with van der Waals surface area (Å²) in [5.41, 5.74) is 7.27. The number of nitrogens with one attached hydrogen (secondary N) is 1. The second-order valence-electron chi connectivity index (χ2n) is 4.91. The standard InChI is InChI=1S/C14H20ClN3/c15-13-9-11(14(16)17)5-6-12(13)10-18-7-3-1-2-4-8-18/h5-6,9H,1-4,7-8,10H2,(H3,16,17). The minimum Gasteiger partial charge on any atom is -0.384 e. The van der Waals surface area contributed by atoms with Crippen molar-refractivity contribution in [3.05, 3.63) is 34.3 Å². The lowest BCUT2D eigenvalue weighted by Gasteiger charge is -2.20. The highest BCUT2D eigenvalue weighted by Gasteiger charge is 2.11. The number of hydrogen-bond donors (Lipinski definition) is 2. The van der Waals surface area contributed by atoms with Crippen molar-refractivity contribution in [1.82, 2.24) is 4.90 Å². The lowest BCUT2D eigenvalue weighted by Crippen LogP contribution is -2.24. The first-order valence-electron chi connectivity index (χ1n) is 6.52. The summed E-state index contributed by atoms with van der Waals surface area (Å²) in [4.78, 5) is 2.46. The van der Waals surface area contributed by atoms with Crippen LogP contribution in [0.5, 0.6) is 0 Å². The maximum Gasteiger partial charge on any atom is 0.122 e. The molecular formula is C14H20ClN3. The van der Waals surface area contributed by atoms with Crippen molar-refractivity contribution in [1.29, 1.82) is 5.41 Å². The van der Waals surface area contributed by atoms with Gasteiger partial charge in [0.05, 0.1) is 0 Å². The number of nitrogen functional groups attached to an aromatic ring is 1. The van der Waals surface area contributed by atoms with E-state index < -0.39 is 0 Å². The third-order valence-corrected chi connectivity index (χ3v) is 3.81. The summed E-state index contributed by atoms with van der Waals surface area (Å²) in [6, 6.07) is 5.66. The van der Waals surface area contributed by atoms with Gasteiger partial charge < -0.3 is 5.73 Å². The van der Waals surface area contributed by atoms with E-state index in [-0.39, 0.29) is 5.84 Å². The summed E-state index contributed by atoms with van der Waals surface area (Å²) in [5, 5.41) is 8.11. The molecule has 0 radical (unpaired) electrons. The van der Waals surface area contributed by atoms with Gasteiger partial charge in [-0.15, -0.1) is 0 Å². The van der Waals surface area contributed by atoms with Gasteiger partial charge in [0.2, 0.25) is 0 Å². The highest BCUT2D eigenvalue weighted by Crippen LogP contribution is 2.21. The van der Waals surface area contributed by atoms with Gasteiger partial charge in [-0.25, -0.2) is 0 Å². The van der Waals surface area contributed by atoms with Crippen LogP contribution >= 0.6 is 11.6 Å². The zero-order valence-corrected chi connectivity index (χ0v) is 11.3. The van der Waals surface area contributed by atoms with Crippen molar-refractivity contribution < 1.29 is 0 Å². The van der Waals surface area contributed by atoms with Crippen molar-refractivity contribution in [3.8, 4) is 0 Å². The second kappa shape index (κ2) is 6.21. The summed E-state index contributed by atoms with van der Waals surface area (Å²) in [6.45, 7) is 3.21. The van der Waals surface area contributed by atoms with Gasteiger partial charge in [0.25, 0.3) is 0 Å². The Morgan fingerprint density at radius 1 is 1.22 bits per heavy atom. The predicted octanol–water partition coefficient (Wildman–Crippen LogP) is 3.00. The molecular weight excluding hydrogens is 246 g/mol. The molecule has 0 aromatic heterocycles. The Balaban J connectivity index is 2.06. The van der Waals surface area contributed by atoms with Gasteiger partial charge in [0, 0.05) is 17.1 Å². The molecule has 0 spiro atoms. The highest BCUT2D eigenvalue weighted by atomic mass is 35.5. The number of likely N-dealkylation sites (tertiary alicyclic amines) is 1. The van der Waals surface area contributed by atoms with E-state index in [1.165, 1.54) is 25.7 Å². The molecule has 1 aromatic rings. The molecule has 0 amide bonds. The molecule has 0 atom stereocenters. The van der Waals surface area contributed by atoms with Crippen molar-refractivity contribution in [2.45, 2.75) is 32.2 Å². The Morgan fingerprint density at radius 2 is 1.89 bits per heavy atom. The first-order chi connectivity index (χ1) is 8.66. The third-order valence-electron chi connectivity index (χ3n) is 3.46. The van der Waals surface area contributed by atoms with E-state index >= 15 is 0 Å². The Morgan fingerprint density at radius 3 is 2.44 bits per heavy atom. The van der Waals surface area contributed by atoms with Gasteiger partial charge in [-0.05, 0) is 37.6 Å². The molecule has 1 aliphatic heterocycles. The molecule has 0 unspecified atom stereocenters. The van der Waals surface area contributed by atoms with Crippen molar-refractivity contribution >= 4 is 17.4 Å². The van der Waals surface area contributed by atoms with Crippen molar-refractivity contribution in [2.75, 3.05) is 13.1 Å². The van der Waals surface area contributed by atoms with E-state index in [2.05, 4.69) is 4.90 Å². The summed E-state index contributed by atoms with van der Waals surface area (Å²) in [5.74, 6) is 0.0678. The average molecular weight is 266 g/mol. The zero-order valence-electron chi connectivity index (χ0n) is 10.6. The van der Waals surface area contributed by atoms with Gasteiger partial charge >= 0.3 is 0 Å². The minimum absolute atomic E-state index is 0.0678. The molecule has 4 heteroatoms.